The van der Waals surface area contributed by atoms with Crippen molar-refractivity contribution in [2.24, 2.45) is 0 Å². The molecule has 1 heterocycles. The Morgan fingerprint density at radius 2 is 2.07 bits per heavy atom. The van der Waals surface area contributed by atoms with E-state index in [9.17, 15) is 4.79 Å². The highest BCUT2D eigenvalue weighted by molar-refractivity contribution is 7.71. The van der Waals surface area contributed by atoms with Crippen molar-refractivity contribution in [2.45, 2.75) is 19.5 Å². The Balaban J connectivity index is 1.76. The second-order valence-electron chi connectivity index (χ2n) is 6.01. The largest absolute Gasteiger partial charge is 0.497 e. The van der Waals surface area contributed by atoms with Crippen molar-refractivity contribution in [2.75, 3.05) is 7.11 Å². The van der Waals surface area contributed by atoms with Crippen molar-refractivity contribution < 1.29 is 9.53 Å². The van der Waals surface area contributed by atoms with Crippen molar-refractivity contribution in [1.29, 1.82) is 0 Å². The van der Waals surface area contributed by atoms with Crippen LogP contribution in [0.15, 0.2) is 48.5 Å². The lowest BCUT2D eigenvalue weighted by atomic mass is 10.1. The minimum atomic E-state index is -0.179. The second-order valence-corrected chi connectivity index (χ2v) is 6.83. The van der Waals surface area contributed by atoms with E-state index in [-0.39, 0.29) is 18.5 Å². The highest BCUT2D eigenvalue weighted by atomic mass is 35.5. The number of rotatable bonds is 6. The third-order valence-electron chi connectivity index (χ3n) is 4.13. The Labute approximate surface area is 167 Å². The van der Waals surface area contributed by atoms with Crippen LogP contribution in [0.4, 0.5) is 0 Å². The van der Waals surface area contributed by atoms with Crippen LogP contribution in [-0.2, 0) is 11.3 Å². The fourth-order valence-electron chi connectivity index (χ4n) is 2.71. The molecule has 0 saturated heterocycles. The van der Waals surface area contributed by atoms with E-state index in [1.165, 1.54) is 0 Å². The molecule has 1 atom stereocenters. The van der Waals surface area contributed by atoms with Crippen LogP contribution in [0.1, 0.15) is 18.5 Å². The van der Waals surface area contributed by atoms with Gasteiger partial charge < -0.3 is 10.1 Å². The summed E-state index contributed by atoms with van der Waals surface area (Å²) in [6.07, 6.45) is 0. The SMILES string of the molecule is COc1ccc(-c2n[nH]c(=S)n2CC(=O)N[C@@H](C)c2cccc(Cl)c2)cc1. The normalized spacial score (nSPS) is 11.8. The number of carbonyl (C=O) groups excluding carboxylic acids is 1. The van der Waals surface area contributed by atoms with Crippen molar-refractivity contribution in [1.82, 2.24) is 20.1 Å². The third-order valence-corrected chi connectivity index (χ3v) is 4.68. The van der Waals surface area contributed by atoms with Gasteiger partial charge in [0, 0.05) is 10.6 Å². The molecule has 3 rings (SSSR count). The summed E-state index contributed by atoms with van der Waals surface area (Å²) in [6, 6.07) is 14.6. The zero-order chi connectivity index (χ0) is 19.4. The quantitative estimate of drug-likeness (QED) is 0.607. The molecule has 2 aromatic carbocycles. The summed E-state index contributed by atoms with van der Waals surface area (Å²) in [4.78, 5) is 12.5. The first-order valence-electron chi connectivity index (χ1n) is 8.32. The number of hydrogen-bond donors (Lipinski definition) is 2. The first-order valence-corrected chi connectivity index (χ1v) is 9.11. The van der Waals surface area contributed by atoms with E-state index in [0.29, 0.717) is 15.6 Å². The van der Waals surface area contributed by atoms with Crippen molar-refractivity contribution in [3.63, 3.8) is 0 Å². The Morgan fingerprint density at radius 1 is 1.33 bits per heavy atom. The van der Waals surface area contributed by atoms with Gasteiger partial charge in [-0.1, -0.05) is 23.7 Å². The molecule has 140 valence electrons. The predicted molar refractivity (Wildman–Crippen MR) is 107 cm³/mol. The van der Waals surface area contributed by atoms with Gasteiger partial charge in [-0.05, 0) is 61.1 Å². The Kier molecular flexibility index (Phi) is 5.93. The summed E-state index contributed by atoms with van der Waals surface area (Å²) >= 11 is 11.3. The summed E-state index contributed by atoms with van der Waals surface area (Å²) in [6.45, 7) is 1.96. The fourth-order valence-corrected chi connectivity index (χ4v) is 3.11. The molecule has 0 spiro atoms. The van der Waals surface area contributed by atoms with Crippen LogP contribution < -0.4 is 10.1 Å². The predicted octanol–water partition coefficient (Wildman–Crippen LogP) is 4.15. The molecule has 0 fully saturated rings. The lowest BCUT2D eigenvalue weighted by Crippen LogP contribution is -2.30. The number of halogens is 1. The maximum Gasteiger partial charge on any atom is 0.240 e. The van der Waals surface area contributed by atoms with E-state index in [0.717, 1.165) is 16.9 Å². The van der Waals surface area contributed by atoms with Crippen molar-refractivity contribution >= 4 is 29.7 Å². The first-order chi connectivity index (χ1) is 13.0. The van der Waals surface area contributed by atoms with Gasteiger partial charge in [0.25, 0.3) is 0 Å². The smallest absolute Gasteiger partial charge is 0.240 e. The molecule has 1 aromatic heterocycles. The first kappa shape index (κ1) is 19.1. The number of nitrogens with zero attached hydrogens (tertiary/aromatic N) is 2. The number of aromatic amines is 1. The number of methoxy groups -OCH3 is 1. The van der Waals surface area contributed by atoms with Gasteiger partial charge in [0.1, 0.15) is 12.3 Å². The van der Waals surface area contributed by atoms with E-state index < -0.39 is 0 Å². The number of aromatic nitrogens is 3. The van der Waals surface area contributed by atoms with E-state index >= 15 is 0 Å². The average Bonchev–Trinajstić information content (AvgIpc) is 3.02. The highest BCUT2D eigenvalue weighted by Crippen LogP contribution is 2.21. The summed E-state index contributed by atoms with van der Waals surface area (Å²) in [7, 11) is 1.61. The van der Waals surface area contributed by atoms with Crippen LogP contribution in [0.25, 0.3) is 11.4 Å². The molecule has 8 heteroatoms. The summed E-state index contributed by atoms with van der Waals surface area (Å²) in [5, 5.41) is 10.6. The maximum atomic E-state index is 12.5. The monoisotopic (exact) mass is 402 g/mol. The molecular weight excluding hydrogens is 384 g/mol. The minimum absolute atomic E-state index is 0.0571. The lowest BCUT2D eigenvalue weighted by Gasteiger charge is -2.15. The van der Waals surface area contributed by atoms with Crippen LogP contribution in [0.3, 0.4) is 0 Å². The molecule has 1 amide bonds. The topological polar surface area (TPSA) is 71.9 Å². The number of hydrogen-bond acceptors (Lipinski definition) is 4. The van der Waals surface area contributed by atoms with Crippen LogP contribution in [0.5, 0.6) is 5.75 Å². The van der Waals surface area contributed by atoms with E-state index in [2.05, 4.69) is 15.5 Å². The van der Waals surface area contributed by atoms with E-state index in [4.69, 9.17) is 28.6 Å². The van der Waals surface area contributed by atoms with Crippen LogP contribution >= 0.6 is 23.8 Å². The number of H-pyrrole nitrogens is 1. The molecule has 0 aliphatic heterocycles. The second kappa shape index (κ2) is 8.37. The molecule has 2 N–H and O–H groups in total. The molecule has 0 bridgehead atoms. The van der Waals surface area contributed by atoms with Gasteiger partial charge >= 0.3 is 0 Å². The zero-order valence-corrected chi connectivity index (χ0v) is 16.5. The zero-order valence-electron chi connectivity index (χ0n) is 14.9. The molecule has 0 aliphatic carbocycles. The lowest BCUT2D eigenvalue weighted by molar-refractivity contribution is -0.122. The van der Waals surface area contributed by atoms with Gasteiger partial charge in [-0.25, -0.2) is 0 Å². The van der Waals surface area contributed by atoms with Crippen molar-refractivity contribution in [3.8, 4) is 17.1 Å². The molecule has 6 nitrogen and oxygen atoms in total. The Hall–Kier alpha value is -2.64. The highest BCUT2D eigenvalue weighted by Gasteiger charge is 2.15. The van der Waals surface area contributed by atoms with Gasteiger partial charge in [-0.2, -0.15) is 5.10 Å². The molecule has 0 saturated carbocycles. The van der Waals surface area contributed by atoms with Crippen molar-refractivity contribution in [3.05, 3.63) is 63.9 Å². The van der Waals surface area contributed by atoms with Crippen LogP contribution in [0.2, 0.25) is 5.02 Å². The number of amides is 1. The maximum absolute atomic E-state index is 12.5. The average molecular weight is 403 g/mol. The number of carbonyl (C=O) groups is 1. The van der Waals surface area contributed by atoms with E-state index in [1.54, 1.807) is 17.7 Å². The molecule has 3 aromatic rings. The summed E-state index contributed by atoms with van der Waals surface area (Å²) in [5.41, 5.74) is 1.76. The number of nitrogens with one attached hydrogen (secondary N) is 2. The van der Waals surface area contributed by atoms with E-state index in [1.807, 2.05) is 49.4 Å². The van der Waals surface area contributed by atoms with Gasteiger partial charge in [-0.3, -0.25) is 14.5 Å². The van der Waals surface area contributed by atoms with Gasteiger partial charge in [0.2, 0.25) is 5.91 Å². The third kappa shape index (κ3) is 4.56. The Morgan fingerprint density at radius 3 is 2.74 bits per heavy atom. The fraction of sp³-hybridized carbons (Fsp3) is 0.211. The van der Waals surface area contributed by atoms with Gasteiger partial charge in [0.05, 0.1) is 13.2 Å². The number of ether oxygens (including phenoxy) is 1. The van der Waals surface area contributed by atoms with Gasteiger partial charge in [-0.15, -0.1) is 0 Å². The Bertz CT molecular complexity index is 997. The molecular formula is C19H19ClN4O2S. The molecule has 0 aliphatic rings. The van der Waals surface area contributed by atoms with Crippen LogP contribution in [0, 0.1) is 4.77 Å². The standard InChI is InChI=1S/C19H19ClN4O2S/c1-12(14-4-3-5-15(20)10-14)21-17(25)11-24-18(22-23-19(24)27)13-6-8-16(26-2)9-7-13/h3-10,12H,11H2,1-2H3,(H,21,25)(H,23,27)/t12-/m0/s1. The molecule has 0 radical (unpaired) electrons. The molecule has 0 unspecified atom stereocenters. The van der Waals surface area contributed by atoms with Crippen LogP contribution in [-0.4, -0.2) is 27.8 Å². The summed E-state index contributed by atoms with van der Waals surface area (Å²) in [5.74, 6) is 1.16. The van der Waals surface area contributed by atoms with Gasteiger partial charge in [0.15, 0.2) is 10.6 Å². The number of benzene rings is 2. The molecule has 27 heavy (non-hydrogen) atoms. The minimum Gasteiger partial charge on any atom is -0.497 e. The summed E-state index contributed by atoms with van der Waals surface area (Å²) < 4.78 is 7.21.